The topological polar surface area (TPSA) is 52.6 Å². The molecule has 1 saturated heterocycles. The predicted molar refractivity (Wildman–Crippen MR) is 121 cm³/mol. The zero-order valence-corrected chi connectivity index (χ0v) is 18.7. The van der Waals surface area contributed by atoms with Gasteiger partial charge in [0.2, 0.25) is 0 Å². The van der Waals surface area contributed by atoms with Crippen molar-refractivity contribution in [2.75, 3.05) is 19.6 Å². The van der Waals surface area contributed by atoms with Gasteiger partial charge >= 0.3 is 0 Å². The quantitative estimate of drug-likeness (QED) is 0.725. The van der Waals surface area contributed by atoms with E-state index in [4.69, 9.17) is 0 Å². The van der Waals surface area contributed by atoms with E-state index in [0.717, 1.165) is 69.0 Å². The number of piperidine rings is 1. The van der Waals surface area contributed by atoms with Gasteiger partial charge in [-0.1, -0.05) is 62.9 Å². The normalized spacial score (nSPS) is 28.9. The van der Waals surface area contributed by atoms with Crippen molar-refractivity contribution in [3.05, 3.63) is 35.9 Å². The molecule has 4 nitrogen and oxygen atoms in total. The van der Waals surface area contributed by atoms with Crippen LogP contribution >= 0.6 is 0 Å². The lowest BCUT2D eigenvalue weighted by atomic mass is 9.79. The molecule has 3 fully saturated rings. The van der Waals surface area contributed by atoms with E-state index in [0.29, 0.717) is 0 Å². The Bertz CT molecular complexity index is 672. The Hall–Kier alpha value is -1.39. The highest BCUT2D eigenvalue weighted by atomic mass is 16.3. The molecular formula is C26H40N2O2. The maximum Gasteiger partial charge on any atom is 0.257 e. The van der Waals surface area contributed by atoms with Gasteiger partial charge in [0, 0.05) is 31.6 Å². The summed E-state index contributed by atoms with van der Waals surface area (Å²) in [7, 11) is 0. The van der Waals surface area contributed by atoms with Crippen LogP contribution in [0.15, 0.2) is 30.3 Å². The first-order valence-electron chi connectivity index (χ1n) is 12.4. The molecule has 2 aliphatic carbocycles. The average Bonchev–Trinajstić information content (AvgIpc) is 3.32. The van der Waals surface area contributed by atoms with Crippen molar-refractivity contribution in [2.24, 2.45) is 17.8 Å². The summed E-state index contributed by atoms with van der Waals surface area (Å²) in [5.41, 5.74) is -0.647. The van der Waals surface area contributed by atoms with E-state index in [1.807, 2.05) is 30.3 Å². The molecule has 166 valence electrons. The molecule has 1 unspecified atom stereocenters. The maximum absolute atomic E-state index is 13.4. The summed E-state index contributed by atoms with van der Waals surface area (Å²) < 4.78 is 0. The molecule has 0 aromatic heterocycles. The number of carbonyl (C=O) groups excluding carboxylic acids is 1. The lowest BCUT2D eigenvalue weighted by molar-refractivity contribution is -0.148. The highest BCUT2D eigenvalue weighted by Crippen LogP contribution is 2.41. The van der Waals surface area contributed by atoms with Crippen molar-refractivity contribution in [2.45, 2.75) is 82.8 Å². The van der Waals surface area contributed by atoms with Crippen LogP contribution in [0, 0.1) is 17.8 Å². The van der Waals surface area contributed by atoms with E-state index in [1.54, 1.807) is 0 Å². The van der Waals surface area contributed by atoms with Gasteiger partial charge in [-0.2, -0.15) is 0 Å². The zero-order valence-electron chi connectivity index (χ0n) is 18.7. The Labute approximate surface area is 182 Å². The van der Waals surface area contributed by atoms with Crippen LogP contribution in [0.25, 0.3) is 0 Å². The molecule has 1 heterocycles. The number of likely N-dealkylation sites (tertiary alicyclic amines) is 1. The van der Waals surface area contributed by atoms with Gasteiger partial charge in [0.25, 0.3) is 5.91 Å². The second-order valence-electron chi connectivity index (χ2n) is 10.3. The molecular weight excluding hydrogens is 372 g/mol. The van der Waals surface area contributed by atoms with Gasteiger partial charge in [-0.25, -0.2) is 0 Å². The Morgan fingerprint density at radius 3 is 2.27 bits per heavy atom. The van der Waals surface area contributed by atoms with Crippen molar-refractivity contribution in [3.8, 4) is 0 Å². The highest BCUT2D eigenvalue weighted by molar-refractivity contribution is 5.87. The number of amides is 1. The predicted octanol–water partition coefficient (Wildman–Crippen LogP) is 4.47. The smallest absolute Gasteiger partial charge is 0.257 e. The van der Waals surface area contributed by atoms with Gasteiger partial charge in [-0.15, -0.1) is 0 Å². The molecule has 1 amide bonds. The largest absolute Gasteiger partial charge is 0.375 e. The third-order valence-corrected chi connectivity index (χ3v) is 8.08. The van der Waals surface area contributed by atoms with Crippen LogP contribution in [0.1, 0.15) is 76.7 Å². The summed E-state index contributed by atoms with van der Waals surface area (Å²) >= 11 is 0. The van der Waals surface area contributed by atoms with Crippen LogP contribution in [0.5, 0.6) is 0 Å². The van der Waals surface area contributed by atoms with Crippen LogP contribution < -0.4 is 5.32 Å². The summed E-state index contributed by atoms with van der Waals surface area (Å²) in [4.78, 5) is 16.0. The molecule has 0 radical (unpaired) electrons. The Kier molecular flexibility index (Phi) is 7.15. The molecule has 1 aromatic carbocycles. The number of nitrogens with one attached hydrogen (secondary N) is 1. The van der Waals surface area contributed by atoms with Gasteiger partial charge in [0.05, 0.1) is 0 Å². The molecule has 1 aliphatic heterocycles. The summed E-state index contributed by atoms with van der Waals surface area (Å²) in [6.45, 7) is 5.73. The Morgan fingerprint density at radius 2 is 1.63 bits per heavy atom. The number of aliphatic hydroxyl groups is 1. The number of hydrogen-bond donors (Lipinski definition) is 2. The molecule has 0 bridgehead atoms. The first kappa shape index (κ1) is 21.8. The van der Waals surface area contributed by atoms with Crippen molar-refractivity contribution in [1.29, 1.82) is 0 Å². The molecule has 4 heteroatoms. The van der Waals surface area contributed by atoms with Gasteiger partial charge in [0.15, 0.2) is 5.60 Å². The van der Waals surface area contributed by atoms with Gasteiger partial charge in [-0.3, -0.25) is 4.79 Å². The lowest BCUT2D eigenvalue weighted by Crippen LogP contribution is -2.54. The fourth-order valence-corrected chi connectivity index (χ4v) is 6.02. The Balaban J connectivity index is 1.32. The maximum atomic E-state index is 13.4. The molecule has 2 saturated carbocycles. The highest BCUT2D eigenvalue weighted by Gasteiger charge is 2.46. The second kappa shape index (κ2) is 9.82. The summed E-state index contributed by atoms with van der Waals surface area (Å²) in [5, 5.41) is 14.9. The number of nitrogens with zero attached hydrogens (tertiary/aromatic N) is 1. The van der Waals surface area contributed by atoms with Gasteiger partial charge < -0.3 is 15.3 Å². The third-order valence-electron chi connectivity index (χ3n) is 8.08. The SMILES string of the molecule is CC1CCC(CN2CCC(NC(=O)C(O)(c3ccccc3)C3CCCC3)CC2)CC1. The molecule has 2 N–H and O–H groups in total. The number of rotatable bonds is 6. The van der Waals surface area contributed by atoms with Crippen molar-refractivity contribution < 1.29 is 9.90 Å². The lowest BCUT2D eigenvalue weighted by Gasteiger charge is -2.38. The summed E-state index contributed by atoms with van der Waals surface area (Å²) in [6.07, 6.45) is 11.6. The van der Waals surface area contributed by atoms with Crippen molar-refractivity contribution in [3.63, 3.8) is 0 Å². The minimum absolute atomic E-state index is 0.0219. The summed E-state index contributed by atoms with van der Waals surface area (Å²) in [5.74, 6) is 1.61. The van der Waals surface area contributed by atoms with Crippen LogP contribution in [0.2, 0.25) is 0 Å². The molecule has 0 spiro atoms. The third kappa shape index (κ3) is 4.91. The van der Waals surface area contributed by atoms with Crippen molar-refractivity contribution >= 4 is 5.91 Å². The first-order valence-corrected chi connectivity index (χ1v) is 12.4. The van der Waals surface area contributed by atoms with Gasteiger partial charge in [0.1, 0.15) is 0 Å². The fraction of sp³-hybridized carbons (Fsp3) is 0.731. The zero-order chi connectivity index (χ0) is 21.0. The first-order chi connectivity index (χ1) is 14.6. The Morgan fingerprint density at radius 1 is 1.00 bits per heavy atom. The van der Waals surface area contributed by atoms with E-state index in [2.05, 4.69) is 17.1 Å². The van der Waals surface area contributed by atoms with Crippen LogP contribution in [-0.2, 0) is 10.4 Å². The average molecular weight is 413 g/mol. The second-order valence-corrected chi connectivity index (χ2v) is 10.3. The van der Waals surface area contributed by atoms with Gasteiger partial charge in [-0.05, 0) is 55.9 Å². The van der Waals surface area contributed by atoms with E-state index in [-0.39, 0.29) is 17.9 Å². The van der Waals surface area contributed by atoms with E-state index >= 15 is 0 Å². The summed E-state index contributed by atoms with van der Waals surface area (Å²) in [6, 6.07) is 9.78. The van der Waals surface area contributed by atoms with Crippen LogP contribution in [0.4, 0.5) is 0 Å². The number of hydrogen-bond acceptors (Lipinski definition) is 3. The monoisotopic (exact) mass is 412 g/mol. The molecule has 1 atom stereocenters. The minimum atomic E-state index is -1.40. The molecule has 30 heavy (non-hydrogen) atoms. The fourth-order valence-electron chi connectivity index (χ4n) is 6.02. The van der Waals surface area contributed by atoms with E-state index in [9.17, 15) is 9.90 Å². The molecule has 4 rings (SSSR count). The number of carbonyl (C=O) groups is 1. The van der Waals surface area contributed by atoms with Crippen molar-refractivity contribution in [1.82, 2.24) is 10.2 Å². The van der Waals surface area contributed by atoms with E-state index in [1.165, 1.54) is 32.2 Å². The van der Waals surface area contributed by atoms with E-state index < -0.39 is 5.60 Å². The minimum Gasteiger partial charge on any atom is -0.375 e. The molecule has 1 aromatic rings. The van der Waals surface area contributed by atoms with Crippen LogP contribution in [0.3, 0.4) is 0 Å². The van der Waals surface area contributed by atoms with Crippen LogP contribution in [-0.4, -0.2) is 41.6 Å². The standard InChI is InChI=1S/C26H40N2O2/c1-20-11-13-21(14-12-20)19-28-17-15-24(16-18-28)27-25(29)26(30,23-9-5-6-10-23)22-7-3-2-4-8-22/h2-4,7-8,20-21,23-24,30H,5-6,9-19H2,1H3,(H,27,29). The number of benzene rings is 1. The molecule has 3 aliphatic rings.